The number of hydrogen-bond donors (Lipinski definition) is 0. The zero-order valence-electron chi connectivity index (χ0n) is 19.6. The minimum absolute atomic E-state index is 1.18. The first-order chi connectivity index (χ1) is 17.9. The minimum atomic E-state index is 1.18. The Hall–Kier alpha value is -4.82. The Balaban J connectivity index is 1.57. The first kappa shape index (κ1) is 19.5. The van der Waals surface area contributed by atoms with E-state index in [9.17, 15) is 0 Å². The monoisotopic (exact) mass is 458 g/mol. The van der Waals surface area contributed by atoms with Gasteiger partial charge in [0.1, 0.15) is 0 Å². The first-order valence-corrected chi connectivity index (χ1v) is 12.4. The van der Waals surface area contributed by atoms with Gasteiger partial charge in [-0.05, 0) is 53.2 Å². The molecule has 2 nitrogen and oxygen atoms in total. The van der Waals surface area contributed by atoms with E-state index in [2.05, 4.69) is 143 Å². The molecule has 2 aromatic heterocycles. The van der Waals surface area contributed by atoms with Crippen LogP contribution in [-0.2, 0) is 0 Å². The van der Waals surface area contributed by atoms with Gasteiger partial charge in [-0.25, -0.2) is 0 Å². The fraction of sp³-hybridized carbons (Fsp3) is 0. The number of benzene rings is 6. The van der Waals surface area contributed by atoms with Gasteiger partial charge in [-0.2, -0.15) is 0 Å². The molecular formula is C34H22N2. The number of rotatable bonds is 2. The highest BCUT2D eigenvalue weighted by molar-refractivity contribution is 6.22. The predicted octanol–water partition coefficient (Wildman–Crippen LogP) is 9.03. The lowest BCUT2D eigenvalue weighted by atomic mass is 10.0. The molecule has 8 rings (SSSR count). The molecule has 6 aromatic carbocycles. The smallest absolute Gasteiger partial charge is 0.0618 e. The van der Waals surface area contributed by atoms with Crippen LogP contribution < -0.4 is 0 Å². The van der Waals surface area contributed by atoms with Crippen LogP contribution in [0.5, 0.6) is 0 Å². The second kappa shape index (κ2) is 7.34. The molecule has 0 amide bonds. The summed E-state index contributed by atoms with van der Waals surface area (Å²) >= 11 is 0. The van der Waals surface area contributed by atoms with Crippen molar-refractivity contribution in [1.29, 1.82) is 0 Å². The highest BCUT2D eigenvalue weighted by atomic mass is 15.0. The Morgan fingerprint density at radius 2 is 1.00 bits per heavy atom. The summed E-state index contributed by atoms with van der Waals surface area (Å²) < 4.78 is 4.77. The molecular weight excluding hydrogens is 436 g/mol. The average Bonchev–Trinajstić information content (AvgIpc) is 3.51. The molecule has 8 aromatic rings. The standard InChI is InChI=1S/C34H22N2/c1-2-12-25(13-3-1)35-21-20-29-30(35)18-19-32-33(29)28-16-8-9-17-31(28)36(32)34-26-14-6-4-10-23(26)22-24-11-5-7-15-27(24)34/h1-22H. The van der Waals surface area contributed by atoms with Gasteiger partial charge in [-0.3, -0.25) is 0 Å². The summed E-state index contributed by atoms with van der Waals surface area (Å²) in [6.07, 6.45) is 2.19. The van der Waals surface area contributed by atoms with Gasteiger partial charge in [-0.15, -0.1) is 0 Å². The van der Waals surface area contributed by atoms with Crippen molar-refractivity contribution in [1.82, 2.24) is 9.13 Å². The van der Waals surface area contributed by atoms with Crippen LogP contribution in [0.15, 0.2) is 134 Å². The molecule has 0 spiro atoms. The summed E-state index contributed by atoms with van der Waals surface area (Å²) in [4.78, 5) is 0. The number of aromatic nitrogens is 2. The number of nitrogens with zero attached hydrogens (tertiary/aromatic N) is 2. The van der Waals surface area contributed by atoms with Gasteiger partial charge in [0, 0.05) is 38.8 Å². The van der Waals surface area contributed by atoms with Gasteiger partial charge in [0.25, 0.3) is 0 Å². The van der Waals surface area contributed by atoms with E-state index in [1.807, 2.05) is 0 Å². The molecule has 0 aliphatic rings. The van der Waals surface area contributed by atoms with E-state index >= 15 is 0 Å². The van der Waals surface area contributed by atoms with E-state index in [-0.39, 0.29) is 0 Å². The zero-order valence-corrected chi connectivity index (χ0v) is 19.6. The third-order valence-electron chi connectivity index (χ3n) is 7.51. The maximum atomic E-state index is 2.48. The van der Waals surface area contributed by atoms with Crippen molar-refractivity contribution >= 4 is 54.3 Å². The van der Waals surface area contributed by atoms with Crippen molar-refractivity contribution in [3.63, 3.8) is 0 Å². The summed E-state index contributed by atoms with van der Waals surface area (Å²) in [6, 6.07) is 46.0. The molecule has 0 saturated carbocycles. The predicted molar refractivity (Wildman–Crippen MR) is 153 cm³/mol. The number of fused-ring (bicyclic) bond motifs is 7. The number of para-hydroxylation sites is 2. The van der Waals surface area contributed by atoms with Crippen molar-refractivity contribution in [2.24, 2.45) is 0 Å². The van der Waals surface area contributed by atoms with Gasteiger partial charge in [-0.1, -0.05) is 84.9 Å². The van der Waals surface area contributed by atoms with Gasteiger partial charge in [0.05, 0.1) is 22.2 Å². The van der Waals surface area contributed by atoms with Gasteiger partial charge in [0.15, 0.2) is 0 Å². The zero-order chi connectivity index (χ0) is 23.6. The molecule has 0 N–H and O–H groups in total. The number of hydrogen-bond acceptors (Lipinski definition) is 0. The summed E-state index contributed by atoms with van der Waals surface area (Å²) in [5, 5.41) is 8.90. The second-order valence-electron chi connectivity index (χ2n) is 9.43. The van der Waals surface area contributed by atoms with Crippen LogP contribution in [0.3, 0.4) is 0 Å². The Morgan fingerprint density at radius 3 is 1.75 bits per heavy atom. The fourth-order valence-electron chi connectivity index (χ4n) is 5.97. The van der Waals surface area contributed by atoms with Crippen molar-refractivity contribution in [3.8, 4) is 11.4 Å². The van der Waals surface area contributed by atoms with Gasteiger partial charge >= 0.3 is 0 Å². The molecule has 2 heteroatoms. The lowest BCUT2D eigenvalue weighted by Crippen LogP contribution is -1.97. The quantitative estimate of drug-likeness (QED) is 0.229. The van der Waals surface area contributed by atoms with Crippen molar-refractivity contribution in [3.05, 3.63) is 134 Å². The topological polar surface area (TPSA) is 9.86 Å². The van der Waals surface area contributed by atoms with Crippen LogP contribution >= 0.6 is 0 Å². The van der Waals surface area contributed by atoms with Crippen LogP contribution in [0.1, 0.15) is 0 Å². The van der Waals surface area contributed by atoms with E-state index in [4.69, 9.17) is 0 Å². The van der Waals surface area contributed by atoms with Gasteiger partial charge < -0.3 is 9.13 Å². The Kier molecular flexibility index (Phi) is 3.97. The highest BCUT2D eigenvalue weighted by Gasteiger charge is 2.19. The van der Waals surface area contributed by atoms with Gasteiger partial charge in [0.2, 0.25) is 0 Å². The van der Waals surface area contributed by atoms with Crippen LogP contribution in [0.4, 0.5) is 0 Å². The van der Waals surface area contributed by atoms with Crippen LogP contribution in [-0.4, -0.2) is 9.13 Å². The van der Waals surface area contributed by atoms with E-state index in [0.717, 1.165) is 0 Å². The minimum Gasteiger partial charge on any atom is -0.317 e. The summed E-state index contributed by atoms with van der Waals surface area (Å²) in [7, 11) is 0. The molecule has 0 radical (unpaired) electrons. The van der Waals surface area contributed by atoms with E-state index in [1.165, 1.54) is 65.6 Å². The largest absolute Gasteiger partial charge is 0.317 e. The molecule has 2 heterocycles. The SMILES string of the molecule is c1ccc(-n2ccc3c4c5ccccc5n(-c5c6ccccc6cc6ccccc56)c4ccc32)cc1. The van der Waals surface area contributed by atoms with Crippen molar-refractivity contribution < 1.29 is 0 Å². The fourth-order valence-corrected chi connectivity index (χ4v) is 5.97. The first-order valence-electron chi connectivity index (χ1n) is 12.4. The molecule has 0 unspecified atom stereocenters. The lowest BCUT2D eigenvalue weighted by molar-refractivity contribution is 1.13. The van der Waals surface area contributed by atoms with Crippen molar-refractivity contribution in [2.45, 2.75) is 0 Å². The highest BCUT2D eigenvalue weighted by Crippen LogP contribution is 2.41. The molecule has 168 valence electrons. The molecule has 0 aliphatic carbocycles. The second-order valence-corrected chi connectivity index (χ2v) is 9.43. The molecule has 0 bridgehead atoms. The maximum Gasteiger partial charge on any atom is 0.0618 e. The van der Waals surface area contributed by atoms with E-state index < -0.39 is 0 Å². The molecule has 0 aliphatic heterocycles. The third-order valence-corrected chi connectivity index (χ3v) is 7.51. The summed E-state index contributed by atoms with van der Waals surface area (Å²) in [5.74, 6) is 0. The molecule has 0 saturated heterocycles. The van der Waals surface area contributed by atoms with Crippen LogP contribution in [0.25, 0.3) is 65.6 Å². The van der Waals surface area contributed by atoms with Crippen LogP contribution in [0.2, 0.25) is 0 Å². The normalized spacial score (nSPS) is 11.9. The summed E-state index contributed by atoms with van der Waals surface area (Å²) in [5.41, 5.74) is 6.11. The molecule has 0 atom stereocenters. The Labute approximate surface area is 208 Å². The Morgan fingerprint density at radius 1 is 0.417 bits per heavy atom. The third kappa shape index (κ3) is 2.61. The molecule has 36 heavy (non-hydrogen) atoms. The lowest BCUT2D eigenvalue weighted by Gasteiger charge is -2.15. The maximum absolute atomic E-state index is 2.48. The van der Waals surface area contributed by atoms with Crippen LogP contribution in [0, 0.1) is 0 Å². The van der Waals surface area contributed by atoms with E-state index in [0.29, 0.717) is 0 Å². The van der Waals surface area contributed by atoms with Crippen molar-refractivity contribution in [2.75, 3.05) is 0 Å². The average molecular weight is 459 g/mol. The summed E-state index contributed by atoms with van der Waals surface area (Å²) in [6.45, 7) is 0. The molecule has 0 fully saturated rings. The Bertz CT molecular complexity index is 2040. The van der Waals surface area contributed by atoms with E-state index in [1.54, 1.807) is 0 Å².